The maximum Gasteiger partial charge on any atom is 0.321 e. The number of anilines is 2. The molecule has 0 saturated carbocycles. The molecule has 5 rings (SSSR count). The smallest absolute Gasteiger partial charge is 0.321 e. The topological polar surface area (TPSA) is 109 Å². The number of methoxy groups -OCH3 is 1. The van der Waals surface area contributed by atoms with E-state index in [0.717, 1.165) is 72.9 Å². The van der Waals surface area contributed by atoms with Crippen LogP contribution >= 0.6 is 0 Å². The van der Waals surface area contributed by atoms with Crippen molar-refractivity contribution in [2.24, 2.45) is 0 Å². The average Bonchev–Trinajstić information content (AvgIpc) is 3.03. The van der Waals surface area contributed by atoms with Gasteiger partial charge in [0.05, 0.1) is 50.8 Å². The van der Waals surface area contributed by atoms with Crippen LogP contribution in [0.25, 0.3) is 10.9 Å². The van der Waals surface area contributed by atoms with Crippen molar-refractivity contribution in [2.45, 2.75) is 33.0 Å². The molecule has 2 aromatic carbocycles. The Kier molecular flexibility index (Phi) is 10.4. The summed E-state index contributed by atoms with van der Waals surface area (Å²) in [6, 6.07) is 11.1. The van der Waals surface area contributed by atoms with E-state index in [9.17, 15) is 9.90 Å². The Labute approximate surface area is 253 Å². The number of hydrogen-bond acceptors (Lipinski definition) is 9. The highest BCUT2D eigenvalue weighted by molar-refractivity contribution is 5.96. The van der Waals surface area contributed by atoms with Gasteiger partial charge in [0.1, 0.15) is 5.75 Å². The van der Waals surface area contributed by atoms with Crippen LogP contribution in [0.4, 0.5) is 16.2 Å². The van der Waals surface area contributed by atoms with Crippen molar-refractivity contribution < 1.29 is 28.8 Å². The minimum absolute atomic E-state index is 0.0906. The van der Waals surface area contributed by atoms with Crippen LogP contribution in [0.5, 0.6) is 17.2 Å². The molecule has 11 heteroatoms. The minimum atomic E-state index is -0.142. The van der Waals surface area contributed by atoms with Gasteiger partial charge in [-0.25, -0.2) is 4.79 Å². The fourth-order valence-corrected chi connectivity index (χ4v) is 5.51. The number of aromatic nitrogens is 1. The number of benzene rings is 2. The molecule has 0 spiro atoms. The second-order valence-electron chi connectivity index (χ2n) is 11.1. The minimum Gasteiger partial charge on any atom is -0.493 e. The van der Waals surface area contributed by atoms with Gasteiger partial charge in [0.2, 0.25) is 0 Å². The second-order valence-corrected chi connectivity index (χ2v) is 11.1. The summed E-state index contributed by atoms with van der Waals surface area (Å²) in [4.78, 5) is 24.0. The molecule has 0 unspecified atom stereocenters. The number of urea groups is 1. The van der Waals surface area contributed by atoms with Gasteiger partial charge in [-0.1, -0.05) is 0 Å². The number of morpholine rings is 1. The Morgan fingerprint density at radius 2 is 1.79 bits per heavy atom. The Bertz CT molecular complexity index is 1350. The summed E-state index contributed by atoms with van der Waals surface area (Å²) in [6.07, 6.45) is 2.71. The monoisotopic (exact) mass is 593 g/mol. The lowest BCUT2D eigenvalue weighted by Crippen LogP contribution is -2.50. The third-order valence-electron chi connectivity index (χ3n) is 7.71. The third kappa shape index (κ3) is 7.78. The van der Waals surface area contributed by atoms with Gasteiger partial charge in [0.25, 0.3) is 0 Å². The van der Waals surface area contributed by atoms with Crippen LogP contribution in [0.3, 0.4) is 0 Å². The van der Waals surface area contributed by atoms with E-state index in [1.807, 2.05) is 50.2 Å². The van der Waals surface area contributed by atoms with Crippen LogP contribution in [0, 0.1) is 0 Å². The van der Waals surface area contributed by atoms with E-state index < -0.39 is 0 Å². The van der Waals surface area contributed by atoms with Gasteiger partial charge in [0, 0.05) is 74.7 Å². The fourth-order valence-electron chi connectivity index (χ4n) is 5.51. The second kappa shape index (κ2) is 14.6. The van der Waals surface area contributed by atoms with Gasteiger partial charge >= 0.3 is 6.03 Å². The number of aliphatic hydroxyl groups excluding tert-OH is 1. The lowest BCUT2D eigenvalue weighted by molar-refractivity contribution is 0.0357. The molecule has 0 atom stereocenters. The van der Waals surface area contributed by atoms with Gasteiger partial charge in [-0.2, -0.15) is 0 Å². The Morgan fingerprint density at radius 3 is 2.47 bits per heavy atom. The predicted octanol–water partition coefficient (Wildman–Crippen LogP) is 3.98. The Balaban J connectivity index is 1.23. The lowest BCUT2D eigenvalue weighted by Gasteiger charge is -2.37. The molecule has 3 heterocycles. The van der Waals surface area contributed by atoms with Crippen molar-refractivity contribution in [2.75, 3.05) is 83.0 Å². The van der Waals surface area contributed by atoms with Crippen molar-refractivity contribution in [1.29, 1.82) is 0 Å². The number of rotatable bonds is 11. The molecule has 1 aromatic heterocycles. The first kappa shape index (κ1) is 30.7. The van der Waals surface area contributed by atoms with E-state index in [1.165, 1.54) is 0 Å². The summed E-state index contributed by atoms with van der Waals surface area (Å²) in [7, 11) is 1.63. The number of ether oxygens (including phenoxy) is 4. The standard InChI is InChI=1S/C32H43N5O6/c1-23(2)43-26-7-5-25(6-8-26)34-32(39)37-12-10-36(11-13-37)31-24(22-38)21-33-28-20-30(29(40-3)19-27(28)31)42-16-4-9-35-14-17-41-18-15-35/h5-8,19-21,23,38H,4,9-18,22H2,1-3H3,(H,34,39). The summed E-state index contributed by atoms with van der Waals surface area (Å²) < 4.78 is 23.0. The van der Waals surface area contributed by atoms with E-state index in [4.69, 9.17) is 18.9 Å². The number of nitrogens with one attached hydrogen (secondary N) is 1. The molecule has 11 nitrogen and oxygen atoms in total. The molecule has 2 saturated heterocycles. The van der Waals surface area contributed by atoms with Crippen LogP contribution < -0.4 is 24.4 Å². The zero-order valence-corrected chi connectivity index (χ0v) is 25.4. The highest BCUT2D eigenvalue weighted by Gasteiger charge is 2.25. The molecule has 0 aliphatic carbocycles. The number of carbonyl (C=O) groups is 1. The number of piperazine rings is 1. The summed E-state index contributed by atoms with van der Waals surface area (Å²) in [5.41, 5.74) is 3.12. The zero-order valence-electron chi connectivity index (χ0n) is 25.4. The predicted molar refractivity (Wildman–Crippen MR) is 167 cm³/mol. The first-order valence-corrected chi connectivity index (χ1v) is 15.1. The maximum atomic E-state index is 13.0. The number of pyridine rings is 1. The van der Waals surface area contributed by atoms with Crippen LogP contribution in [-0.4, -0.2) is 105 Å². The highest BCUT2D eigenvalue weighted by Crippen LogP contribution is 2.38. The molecule has 2 aliphatic rings. The van der Waals surface area contributed by atoms with Gasteiger partial charge in [-0.05, 0) is 50.6 Å². The first-order valence-electron chi connectivity index (χ1n) is 15.1. The van der Waals surface area contributed by atoms with Crippen LogP contribution in [0.2, 0.25) is 0 Å². The summed E-state index contributed by atoms with van der Waals surface area (Å²) in [6.45, 7) is 11.1. The quantitative estimate of drug-likeness (QED) is 0.319. The molecule has 2 fully saturated rings. The highest BCUT2D eigenvalue weighted by atomic mass is 16.5. The largest absolute Gasteiger partial charge is 0.493 e. The van der Waals surface area contributed by atoms with Crippen molar-refractivity contribution in [3.05, 3.63) is 48.2 Å². The van der Waals surface area contributed by atoms with Crippen molar-refractivity contribution >= 4 is 28.3 Å². The number of hydrogen-bond donors (Lipinski definition) is 2. The SMILES string of the molecule is COc1cc2c(N3CCN(C(=O)Nc4ccc(OC(C)C)cc4)CC3)c(CO)cnc2cc1OCCCN1CCOCC1. The maximum absolute atomic E-state index is 13.0. The van der Waals surface area contributed by atoms with Gasteiger partial charge in [0.15, 0.2) is 11.5 Å². The van der Waals surface area contributed by atoms with Crippen LogP contribution in [0.1, 0.15) is 25.8 Å². The van der Waals surface area contributed by atoms with E-state index in [-0.39, 0.29) is 18.7 Å². The summed E-state index contributed by atoms with van der Waals surface area (Å²) >= 11 is 0. The molecule has 2 amide bonds. The number of amides is 2. The molecule has 3 aromatic rings. The first-order chi connectivity index (χ1) is 20.9. The molecular weight excluding hydrogens is 550 g/mol. The van der Waals surface area contributed by atoms with E-state index in [1.54, 1.807) is 18.2 Å². The normalized spacial score (nSPS) is 16.0. The molecule has 2 aliphatic heterocycles. The number of fused-ring (bicyclic) bond motifs is 1. The van der Waals surface area contributed by atoms with Gasteiger partial charge < -0.3 is 39.2 Å². The fraction of sp³-hybridized carbons (Fsp3) is 0.500. The van der Waals surface area contributed by atoms with Gasteiger partial charge in [-0.3, -0.25) is 9.88 Å². The molecular formula is C32H43N5O6. The van der Waals surface area contributed by atoms with Crippen LogP contribution in [0.15, 0.2) is 42.6 Å². The molecule has 0 bridgehead atoms. The number of aliphatic hydroxyl groups is 1. The van der Waals surface area contributed by atoms with Crippen LogP contribution in [-0.2, 0) is 11.3 Å². The van der Waals surface area contributed by atoms with Gasteiger partial charge in [-0.15, -0.1) is 0 Å². The summed E-state index contributed by atoms with van der Waals surface area (Å²) in [5.74, 6) is 2.04. The summed E-state index contributed by atoms with van der Waals surface area (Å²) in [5, 5.41) is 14.1. The van der Waals surface area contributed by atoms with E-state index in [2.05, 4.69) is 20.1 Å². The van der Waals surface area contributed by atoms with E-state index in [0.29, 0.717) is 44.3 Å². The lowest BCUT2D eigenvalue weighted by atomic mass is 10.1. The number of carbonyl (C=O) groups excluding carboxylic acids is 1. The molecule has 232 valence electrons. The van der Waals surface area contributed by atoms with Crippen molar-refractivity contribution in [3.8, 4) is 17.2 Å². The van der Waals surface area contributed by atoms with E-state index >= 15 is 0 Å². The van der Waals surface area contributed by atoms with Crippen molar-refractivity contribution in [1.82, 2.24) is 14.8 Å². The average molecular weight is 594 g/mol. The molecule has 2 N–H and O–H groups in total. The molecule has 0 radical (unpaired) electrons. The number of nitrogens with zero attached hydrogens (tertiary/aromatic N) is 4. The Morgan fingerprint density at radius 1 is 1.05 bits per heavy atom. The zero-order chi connectivity index (χ0) is 30.2. The molecule has 43 heavy (non-hydrogen) atoms. The third-order valence-corrected chi connectivity index (χ3v) is 7.71. The Hall–Kier alpha value is -3.80. The van der Waals surface area contributed by atoms with Crippen molar-refractivity contribution in [3.63, 3.8) is 0 Å².